The van der Waals surface area contributed by atoms with Crippen LogP contribution < -0.4 is 10.6 Å². The van der Waals surface area contributed by atoms with Crippen LogP contribution in [0.25, 0.3) is 0 Å². The number of aliphatic hydroxyl groups excluding tert-OH is 3. The van der Waals surface area contributed by atoms with Crippen molar-refractivity contribution in [2.45, 2.75) is 70.4 Å². The van der Waals surface area contributed by atoms with Crippen LogP contribution in [-0.2, 0) is 9.53 Å². The lowest BCUT2D eigenvalue weighted by molar-refractivity contribution is -0.131. The highest BCUT2D eigenvalue weighted by Crippen LogP contribution is 2.35. The van der Waals surface area contributed by atoms with Gasteiger partial charge >= 0.3 is 0 Å². The van der Waals surface area contributed by atoms with Crippen molar-refractivity contribution < 1.29 is 24.9 Å². The fourth-order valence-electron chi connectivity index (χ4n) is 4.05. The first-order valence-corrected chi connectivity index (χ1v) is 9.44. The van der Waals surface area contributed by atoms with E-state index in [0.717, 1.165) is 12.8 Å². The molecular formula is C18H34N2O5. The Balaban J connectivity index is 1.75. The summed E-state index contributed by atoms with van der Waals surface area (Å²) in [5.41, 5.74) is 0. The van der Waals surface area contributed by atoms with E-state index < -0.39 is 24.3 Å². The Labute approximate surface area is 150 Å². The molecule has 7 atom stereocenters. The summed E-state index contributed by atoms with van der Waals surface area (Å²) in [5, 5.41) is 34.5. The number of hydrogen-bond donors (Lipinski definition) is 5. The Kier molecular flexibility index (Phi) is 7.64. The molecule has 0 aromatic rings. The molecule has 0 unspecified atom stereocenters. The predicted octanol–water partition coefficient (Wildman–Crippen LogP) is -0.365. The number of nitrogens with one attached hydrogen (secondary N) is 2. The van der Waals surface area contributed by atoms with Gasteiger partial charge in [-0.05, 0) is 30.6 Å². The van der Waals surface area contributed by atoms with Crippen LogP contribution in [0.5, 0.6) is 0 Å². The van der Waals surface area contributed by atoms with Crippen molar-refractivity contribution in [1.82, 2.24) is 10.6 Å². The Morgan fingerprint density at radius 2 is 1.92 bits per heavy atom. The molecule has 2 aliphatic rings. The third kappa shape index (κ3) is 5.37. The summed E-state index contributed by atoms with van der Waals surface area (Å²) in [6.45, 7) is 6.56. The van der Waals surface area contributed by atoms with Gasteiger partial charge in [-0.1, -0.05) is 27.2 Å². The summed E-state index contributed by atoms with van der Waals surface area (Å²) in [5.74, 6) is 1.42. The first kappa shape index (κ1) is 20.6. The molecule has 1 amide bonds. The number of rotatable bonds is 7. The van der Waals surface area contributed by atoms with Gasteiger partial charge in [-0.3, -0.25) is 4.79 Å². The maximum absolute atomic E-state index is 12.1. The van der Waals surface area contributed by atoms with E-state index in [1.165, 1.54) is 6.42 Å². The first-order valence-electron chi connectivity index (χ1n) is 9.44. The highest BCUT2D eigenvalue weighted by molar-refractivity contribution is 5.77. The van der Waals surface area contributed by atoms with Crippen LogP contribution in [-0.4, -0.2) is 71.4 Å². The largest absolute Gasteiger partial charge is 0.395 e. The van der Waals surface area contributed by atoms with Gasteiger partial charge < -0.3 is 30.7 Å². The van der Waals surface area contributed by atoms with Gasteiger partial charge in [0, 0.05) is 6.54 Å². The topological polar surface area (TPSA) is 111 Å². The first-order chi connectivity index (χ1) is 11.8. The normalized spacial score (nSPS) is 38.9. The number of carbonyl (C=O) groups excluding carboxylic acids is 1. The minimum atomic E-state index is -1.03. The average Bonchev–Trinajstić information content (AvgIpc) is 2.85. The van der Waals surface area contributed by atoms with Crippen molar-refractivity contribution in [3.8, 4) is 0 Å². The molecule has 1 heterocycles. The molecule has 1 aliphatic heterocycles. The highest BCUT2D eigenvalue weighted by Gasteiger charge is 2.40. The molecule has 7 heteroatoms. The molecule has 1 saturated heterocycles. The molecule has 1 aliphatic carbocycles. The molecule has 25 heavy (non-hydrogen) atoms. The summed E-state index contributed by atoms with van der Waals surface area (Å²) in [6, 6.07) is -1.04. The third-order valence-corrected chi connectivity index (χ3v) is 5.71. The molecule has 0 radical (unpaired) electrons. The predicted molar refractivity (Wildman–Crippen MR) is 93.9 cm³/mol. The average molecular weight is 358 g/mol. The summed E-state index contributed by atoms with van der Waals surface area (Å²) in [6.07, 6.45) is 1.42. The Bertz CT molecular complexity index is 434. The van der Waals surface area contributed by atoms with Crippen molar-refractivity contribution in [1.29, 1.82) is 0 Å². The van der Waals surface area contributed by atoms with Gasteiger partial charge in [-0.2, -0.15) is 0 Å². The molecular weight excluding hydrogens is 324 g/mol. The Hall–Kier alpha value is -0.730. The SMILES string of the molecule is CC(C)[C@H]1CC[C@H](C)C[C@@H]1OCC(=O)NC[C@H]1N[C@H](CO)[C@@H](O)[C@@H]1O. The monoisotopic (exact) mass is 358 g/mol. The van der Waals surface area contributed by atoms with Crippen molar-refractivity contribution in [2.75, 3.05) is 19.8 Å². The second-order valence-corrected chi connectivity index (χ2v) is 8.02. The maximum Gasteiger partial charge on any atom is 0.246 e. The van der Waals surface area contributed by atoms with E-state index in [1.54, 1.807) is 0 Å². The molecule has 0 aromatic heterocycles. The van der Waals surface area contributed by atoms with Gasteiger partial charge in [0.2, 0.25) is 5.91 Å². The number of carbonyl (C=O) groups is 1. The highest BCUT2D eigenvalue weighted by atomic mass is 16.5. The summed E-state index contributed by atoms with van der Waals surface area (Å²) in [4.78, 5) is 12.1. The van der Waals surface area contributed by atoms with Crippen molar-refractivity contribution >= 4 is 5.91 Å². The van der Waals surface area contributed by atoms with Crippen molar-refractivity contribution in [2.24, 2.45) is 17.8 Å². The minimum Gasteiger partial charge on any atom is -0.395 e. The van der Waals surface area contributed by atoms with E-state index in [9.17, 15) is 15.0 Å². The van der Waals surface area contributed by atoms with Crippen LogP contribution in [0.1, 0.15) is 40.0 Å². The summed E-state index contributed by atoms with van der Waals surface area (Å²) >= 11 is 0. The quantitative estimate of drug-likeness (QED) is 0.425. The standard InChI is InChI=1S/C18H34N2O5/c1-10(2)12-5-4-11(3)6-15(12)25-9-16(22)19-7-13-17(23)18(24)14(8-21)20-13/h10-15,17-18,20-21,23-24H,4-9H2,1-3H3,(H,19,22)/t11-,12+,13+,14+,15-,17+,18+/m0/s1. The van der Waals surface area contributed by atoms with Gasteiger partial charge in [-0.25, -0.2) is 0 Å². The van der Waals surface area contributed by atoms with Gasteiger partial charge in [0.05, 0.1) is 37.0 Å². The maximum atomic E-state index is 12.1. The van der Waals surface area contributed by atoms with E-state index in [1.807, 2.05) is 0 Å². The van der Waals surface area contributed by atoms with E-state index >= 15 is 0 Å². The second-order valence-electron chi connectivity index (χ2n) is 8.02. The zero-order chi connectivity index (χ0) is 18.6. The van der Waals surface area contributed by atoms with E-state index in [0.29, 0.717) is 17.8 Å². The van der Waals surface area contributed by atoms with Crippen LogP contribution in [0.15, 0.2) is 0 Å². The van der Waals surface area contributed by atoms with E-state index in [4.69, 9.17) is 9.84 Å². The lowest BCUT2D eigenvalue weighted by Gasteiger charge is -2.37. The second kappa shape index (κ2) is 9.28. The summed E-state index contributed by atoms with van der Waals surface area (Å²) < 4.78 is 5.91. The van der Waals surface area contributed by atoms with Gasteiger partial charge in [0.15, 0.2) is 0 Å². The fourth-order valence-corrected chi connectivity index (χ4v) is 4.05. The lowest BCUT2D eigenvalue weighted by Crippen LogP contribution is -2.45. The Morgan fingerprint density at radius 3 is 2.52 bits per heavy atom. The third-order valence-electron chi connectivity index (χ3n) is 5.71. The minimum absolute atomic E-state index is 0.00933. The number of ether oxygens (including phenoxy) is 1. The van der Waals surface area contributed by atoms with Crippen LogP contribution in [0.4, 0.5) is 0 Å². The molecule has 0 spiro atoms. The van der Waals surface area contributed by atoms with Crippen molar-refractivity contribution in [3.05, 3.63) is 0 Å². The molecule has 2 rings (SSSR count). The fraction of sp³-hybridized carbons (Fsp3) is 0.944. The smallest absolute Gasteiger partial charge is 0.246 e. The van der Waals surface area contributed by atoms with Gasteiger partial charge in [0.25, 0.3) is 0 Å². The molecule has 0 aromatic carbocycles. The lowest BCUT2D eigenvalue weighted by atomic mass is 9.75. The van der Waals surface area contributed by atoms with Crippen LogP contribution in [0.3, 0.4) is 0 Å². The summed E-state index contributed by atoms with van der Waals surface area (Å²) in [7, 11) is 0. The Morgan fingerprint density at radius 1 is 1.24 bits per heavy atom. The van der Waals surface area contributed by atoms with Crippen molar-refractivity contribution in [3.63, 3.8) is 0 Å². The zero-order valence-corrected chi connectivity index (χ0v) is 15.5. The van der Waals surface area contributed by atoms with Gasteiger partial charge in [-0.15, -0.1) is 0 Å². The number of amides is 1. The zero-order valence-electron chi connectivity index (χ0n) is 15.5. The molecule has 1 saturated carbocycles. The van der Waals surface area contributed by atoms with Crippen LogP contribution >= 0.6 is 0 Å². The molecule has 0 bridgehead atoms. The molecule has 146 valence electrons. The van der Waals surface area contributed by atoms with Crippen LogP contribution in [0.2, 0.25) is 0 Å². The van der Waals surface area contributed by atoms with E-state index in [-0.39, 0.29) is 31.8 Å². The van der Waals surface area contributed by atoms with Gasteiger partial charge in [0.1, 0.15) is 6.61 Å². The van der Waals surface area contributed by atoms with Crippen LogP contribution in [0, 0.1) is 17.8 Å². The molecule has 7 nitrogen and oxygen atoms in total. The van der Waals surface area contributed by atoms with E-state index in [2.05, 4.69) is 31.4 Å². The number of aliphatic hydroxyl groups is 3. The number of hydrogen-bond acceptors (Lipinski definition) is 6. The molecule has 5 N–H and O–H groups in total. The molecule has 2 fully saturated rings.